The highest BCUT2D eigenvalue weighted by Crippen LogP contribution is 2.25. The molecule has 6 heteroatoms. The smallest absolute Gasteiger partial charge is 0.307 e. The van der Waals surface area contributed by atoms with E-state index in [2.05, 4.69) is 15.2 Å². The molecule has 1 aromatic heterocycles. The molecule has 2 aliphatic heterocycles. The van der Waals surface area contributed by atoms with Crippen LogP contribution < -0.4 is 0 Å². The Labute approximate surface area is 147 Å². The number of hydrogen-bond acceptors (Lipinski definition) is 5. The fourth-order valence-electron chi connectivity index (χ4n) is 3.88. The lowest BCUT2D eigenvalue weighted by atomic mass is 9.94. The number of ketones is 1. The van der Waals surface area contributed by atoms with Gasteiger partial charge in [-0.1, -0.05) is 0 Å². The first-order valence-electron chi connectivity index (χ1n) is 8.80. The molecule has 0 aliphatic carbocycles. The molecular weight excluding hydrogens is 324 g/mol. The van der Waals surface area contributed by atoms with E-state index >= 15 is 0 Å². The number of carboxylic acids is 1. The number of hydrogen-bond donors (Lipinski definition) is 1. The highest BCUT2D eigenvalue weighted by atomic mass is 32.1. The zero-order valence-corrected chi connectivity index (χ0v) is 15.1. The third kappa shape index (κ3) is 4.23. The molecule has 0 unspecified atom stereocenters. The van der Waals surface area contributed by atoms with Gasteiger partial charge in [0.1, 0.15) is 0 Å². The minimum atomic E-state index is -0.643. The van der Waals surface area contributed by atoms with Gasteiger partial charge in [-0.25, -0.2) is 0 Å². The number of aliphatic carboxylic acids is 1. The molecule has 0 spiro atoms. The zero-order chi connectivity index (χ0) is 17.1. The highest BCUT2D eigenvalue weighted by Gasteiger charge is 2.31. The van der Waals surface area contributed by atoms with Gasteiger partial charge >= 0.3 is 5.97 Å². The Morgan fingerprint density at radius 2 is 2.00 bits per heavy atom. The van der Waals surface area contributed by atoms with Gasteiger partial charge in [-0.15, -0.1) is 11.3 Å². The summed E-state index contributed by atoms with van der Waals surface area (Å²) in [6.07, 6.45) is 4.04. The van der Waals surface area contributed by atoms with Crippen LogP contribution in [-0.2, 0) is 11.3 Å². The molecule has 0 amide bonds. The number of carbonyl (C=O) groups is 2. The molecule has 3 rings (SSSR count). The third-order valence-electron chi connectivity index (χ3n) is 5.28. The van der Waals surface area contributed by atoms with Crippen LogP contribution in [0.25, 0.3) is 0 Å². The summed E-state index contributed by atoms with van der Waals surface area (Å²) in [6, 6.07) is 2.54. The van der Waals surface area contributed by atoms with Crippen LogP contribution in [-0.4, -0.2) is 58.9 Å². The van der Waals surface area contributed by atoms with E-state index in [-0.39, 0.29) is 11.7 Å². The number of carbonyl (C=O) groups excluding carboxylic acids is 1. The summed E-state index contributed by atoms with van der Waals surface area (Å²) in [5.74, 6) is -0.688. The summed E-state index contributed by atoms with van der Waals surface area (Å²) < 4.78 is 0. The van der Waals surface area contributed by atoms with Gasteiger partial charge in [-0.3, -0.25) is 19.4 Å². The van der Waals surface area contributed by atoms with Gasteiger partial charge in [0, 0.05) is 19.1 Å². The number of carboxylic acid groups (broad SMARTS) is 1. The molecule has 5 nitrogen and oxygen atoms in total. The predicted molar refractivity (Wildman–Crippen MR) is 94.6 cm³/mol. The van der Waals surface area contributed by atoms with Crippen LogP contribution in [0.3, 0.4) is 0 Å². The Morgan fingerprint density at radius 1 is 1.25 bits per heavy atom. The Kier molecular flexibility index (Phi) is 5.69. The topological polar surface area (TPSA) is 60.9 Å². The summed E-state index contributed by atoms with van der Waals surface area (Å²) in [5, 5.41) is 11.3. The molecule has 1 aromatic rings. The van der Waals surface area contributed by atoms with E-state index in [0.717, 1.165) is 56.7 Å². The number of rotatable bonds is 5. The first-order chi connectivity index (χ1) is 11.5. The molecule has 132 valence electrons. The van der Waals surface area contributed by atoms with E-state index in [0.29, 0.717) is 12.6 Å². The highest BCUT2D eigenvalue weighted by molar-refractivity contribution is 7.12. The second kappa shape index (κ2) is 7.76. The van der Waals surface area contributed by atoms with E-state index in [1.165, 1.54) is 16.9 Å². The average molecular weight is 350 g/mol. The van der Waals surface area contributed by atoms with Crippen molar-refractivity contribution in [1.29, 1.82) is 0 Å². The van der Waals surface area contributed by atoms with Crippen molar-refractivity contribution in [3.8, 4) is 0 Å². The average Bonchev–Trinajstić information content (AvgIpc) is 3.04. The van der Waals surface area contributed by atoms with Gasteiger partial charge in [0.25, 0.3) is 0 Å². The van der Waals surface area contributed by atoms with Gasteiger partial charge < -0.3 is 5.11 Å². The number of likely N-dealkylation sites (tertiary alicyclic amines) is 2. The molecule has 0 aromatic carbocycles. The van der Waals surface area contributed by atoms with Gasteiger partial charge in [-0.05, 0) is 69.3 Å². The molecule has 0 saturated carbocycles. The van der Waals surface area contributed by atoms with Crippen molar-refractivity contribution < 1.29 is 14.7 Å². The van der Waals surface area contributed by atoms with E-state index in [4.69, 9.17) is 0 Å². The SMILES string of the molecule is CC(=O)c1cc(CN2CCC(N3CCC[C@@H](C(=O)O)C3)CC2)cs1. The van der Waals surface area contributed by atoms with Crippen LogP contribution in [0.1, 0.15) is 47.8 Å². The Hall–Kier alpha value is -1.24. The second-order valence-electron chi connectivity index (χ2n) is 7.06. The Balaban J connectivity index is 1.48. The predicted octanol–water partition coefficient (Wildman–Crippen LogP) is 2.71. The van der Waals surface area contributed by atoms with Crippen LogP contribution in [0, 0.1) is 5.92 Å². The standard InChI is InChI=1S/C18H26N2O3S/c1-13(21)17-9-14(12-24-17)10-19-7-4-16(5-8-19)20-6-2-3-15(11-20)18(22)23/h9,12,15-16H,2-8,10-11H2,1H3,(H,22,23)/t15-/m1/s1. The van der Waals surface area contributed by atoms with Crippen molar-refractivity contribution in [2.24, 2.45) is 5.92 Å². The van der Waals surface area contributed by atoms with E-state index in [9.17, 15) is 14.7 Å². The van der Waals surface area contributed by atoms with Gasteiger partial charge in [0.15, 0.2) is 5.78 Å². The first-order valence-corrected chi connectivity index (χ1v) is 9.68. The van der Waals surface area contributed by atoms with Gasteiger partial charge in [-0.2, -0.15) is 0 Å². The van der Waals surface area contributed by atoms with E-state index < -0.39 is 5.97 Å². The number of piperidine rings is 2. The minimum absolute atomic E-state index is 0.142. The summed E-state index contributed by atoms with van der Waals surface area (Å²) in [4.78, 5) is 28.3. The largest absolute Gasteiger partial charge is 0.481 e. The van der Waals surface area contributed by atoms with Crippen molar-refractivity contribution in [1.82, 2.24) is 9.80 Å². The third-order valence-corrected chi connectivity index (χ3v) is 6.36. The lowest BCUT2D eigenvalue weighted by Crippen LogP contribution is -2.49. The summed E-state index contributed by atoms with van der Waals surface area (Å²) in [6.45, 7) is 6.38. The molecule has 24 heavy (non-hydrogen) atoms. The molecule has 2 aliphatic rings. The monoisotopic (exact) mass is 350 g/mol. The van der Waals surface area contributed by atoms with Crippen LogP contribution in [0.4, 0.5) is 0 Å². The molecule has 2 fully saturated rings. The maximum Gasteiger partial charge on any atom is 0.307 e. The number of nitrogens with zero attached hydrogens (tertiary/aromatic N) is 2. The Bertz CT molecular complexity index is 593. The molecule has 3 heterocycles. The minimum Gasteiger partial charge on any atom is -0.481 e. The Morgan fingerprint density at radius 3 is 2.62 bits per heavy atom. The van der Waals surface area contributed by atoms with Gasteiger partial charge in [0.2, 0.25) is 0 Å². The lowest BCUT2D eigenvalue weighted by Gasteiger charge is -2.41. The normalized spacial score (nSPS) is 24.1. The molecule has 1 atom stereocenters. The number of thiophene rings is 1. The quantitative estimate of drug-likeness (QED) is 0.828. The molecule has 1 N–H and O–H groups in total. The summed E-state index contributed by atoms with van der Waals surface area (Å²) in [5.41, 5.74) is 1.23. The maximum atomic E-state index is 11.4. The number of Topliss-reactive ketones (excluding diaryl/α,β-unsaturated/α-hetero) is 1. The van der Waals surface area contributed by atoms with Crippen molar-refractivity contribution in [3.05, 3.63) is 21.9 Å². The molecular formula is C18H26N2O3S. The second-order valence-corrected chi connectivity index (χ2v) is 7.97. The van der Waals surface area contributed by atoms with Crippen LogP contribution in [0.5, 0.6) is 0 Å². The lowest BCUT2D eigenvalue weighted by molar-refractivity contribution is -0.144. The van der Waals surface area contributed by atoms with Crippen molar-refractivity contribution in [2.45, 2.75) is 45.2 Å². The zero-order valence-electron chi connectivity index (χ0n) is 14.2. The van der Waals surface area contributed by atoms with Crippen LogP contribution in [0.2, 0.25) is 0 Å². The first kappa shape index (κ1) is 17.6. The molecule has 0 bridgehead atoms. The van der Waals surface area contributed by atoms with E-state index in [1.807, 2.05) is 6.07 Å². The van der Waals surface area contributed by atoms with Crippen molar-refractivity contribution >= 4 is 23.1 Å². The molecule has 2 saturated heterocycles. The fourth-order valence-corrected chi connectivity index (χ4v) is 4.69. The van der Waals surface area contributed by atoms with Crippen molar-refractivity contribution in [3.63, 3.8) is 0 Å². The summed E-state index contributed by atoms with van der Waals surface area (Å²) >= 11 is 1.53. The maximum absolute atomic E-state index is 11.4. The van der Waals surface area contributed by atoms with Gasteiger partial charge in [0.05, 0.1) is 10.8 Å². The summed E-state index contributed by atoms with van der Waals surface area (Å²) in [7, 11) is 0. The van der Waals surface area contributed by atoms with Crippen LogP contribution >= 0.6 is 11.3 Å². The van der Waals surface area contributed by atoms with Crippen molar-refractivity contribution in [2.75, 3.05) is 26.2 Å². The van der Waals surface area contributed by atoms with Crippen LogP contribution in [0.15, 0.2) is 11.4 Å². The molecule has 0 radical (unpaired) electrons. The fraction of sp³-hybridized carbons (Fsp3) is 0.667. The van der Waals surface area contributed by atoms with E-state index in [1.54, 1.807) is 6.92 Å².